The fourth-order valence-electron chi connectivity index (χ4n) is 2.54. The summed E-state index contributed by atoms with van der Waals surface area (Å²) in [5, 5.41) is 0. The molecule has 1 unspecified atom stereocenters. The number of hydrogen-bond acceptors (Lipinski definition) is 1. The van der Waals surface area contributed by atoms with Gasteiger partial charge in [-0.15, -0.1) is 0 Å². The minimum atomic E-state index is 0.355. The summed E-state index contributed by atoms with van der Waals surface area (Å²) in [5.41, 5.74) is 0. The molecule has 0 aliphatic carbocycles. The van der Waals surface area contributed by atoms with Gasteiger partial charge in [0.15, 0.2) is 0 Å². The monoisotopic (exact) mass is 284 g/mol. The van der Waals surface area contributed by atoms with E-state index in [9.17, 15) is 4.79 Å². The van der Waals surface area contributed by atoms with Crippen molar-refractivity contribution in [3.8, 4) is 0 Å². The molecule has 0 aliphatic rings. The van der Waals surface area contributed by atoms with Crippen LogP contribution in [0.25, 0.3) is 0 Å². The van der Waals surface area contributed by atoms with E-state index in [0.717, 1.165) is 12.8 Å². The quantitative estimate of drug-likeness (QED) is 0.335. The maximum atomic E-state index is 11.6. The van der Waals surface area contributed by atoms with Crippen molar-refractivity contribution in [2.45, 2.75) is 112 Å². The van der Waals surface area contributed by atoms with Crippen molar-refractivity contribution < 1.29 is 4.79 Å². The molecular formula is C19H40O. The number of hydrogen-bond donors (Lipinski definition) is 0. The average Bonchev–Trinajstić information content (AvgIpc) is 2.46. The number of Topliss-reactive ketones (excluding diaryl/α,β-unsaturated/α-hetero) is 1. The van der Waals surface area contributed by atoms with Gasteiger partial charge >= 0.3 is 0 Å². The highest BCUT2D eigenvalue weighted by Crippen LogP contribution is 2.19. The van der Waals surface area contributed by atoms with Crippen molar-refractivity contribution in [2.24, 2.45) is 5.92 Å². The molecule has 0 aromatic rings. The molecule has 0 radical (unpaired) electrons. The second kappa shape index (κ2) is 18.7. The smallest absolute Gasteiger partial charge is 0.132 e. The molecule has 0 aromatic carbocycles. The maximum absolute atomic E-state index is 11.6. The van der Waals surface area contributed by atoms with Crippen molar-refractivity contribution in [2.75, 3.05) is 0 Å². The molecule has 1 heteroatoms. The van der Waals surface area contributed by atoms with Gasteiger partial charge in [-0.05, 0) is 19.8 Å². The van der Waals surface area contributed by atoms with Gasteiger partial charge in [0.1, 0.15) is 5.78 Å². The highest BCUT2D eigenvalue weighted by Gasteiger charge is 2.12. The summed E-state index contributed by atoms with van der Waals surface area (Å²) in [6.45, 7) is 10.3. The predicted octanol–water partition coefficient (Wildman–Crippen LogP) is 6.94. The average molecular weight is 285 g/mol. The summed E-state index contributed by atoms with van der Waals surface area (Å²) >= 11 is 0. The summed E-state index contributed by atoms with van der Waals surface area (Å²) in [6.07, 6.45) is 15.4. The fourth-order valence-corrected chi connectivity index (χ4v) is 2.54. The molecule has 0 aromatic heterocycles. The molecule has 0 fully saturated rings. The molecule has 1 atom stereocenters. The van der Waals surface area contributed by atoms with Gasteiger partial charge in [-0.1, -0.05) is 91.9 Å². The van der Waals surface area contributed by atoms with Crippen molar-refractivity contribution in [1.29, 1.82) is 0 Å². The lowest BCUT2D eigenvalue weighted by Gasteiger charge is -2.13. The first kappa shape index (κ1) is 22.0. The van der Waals surface area contributed by atoms with Crippen molar-refractivity contribution >= 4 is 5.78 Å². The third-order valence-corrected chi connectivity index (χ3v) is 3.89. The van der Waals surface area contributed by atoms with E-state index in [4.69, 9.17) is 0 Å². The summed E-state index contributed by atoms with van der Waals surface area (Å²) < 4.78 is 0. The van der Waals surface area contributed by atoms with Crippen LogP contribution in [0.15, 0.2) is 0 Å². The molecule has 20 heavy (non-hydrogen) atoms. The van der Waals surface area contributed by atoms with E-state index in [1.165, 1.54) is 64.2 Å². The van der Waals surface area contributed by atoms with Crippen LogP contribution in [0.4, 0.5) is 0 Å². The van der Waals surface area contributed by atoms with Gasteiger partial charge in [0.05, 0.1) is 0 Å². The van der Waals surface area contributed by atoms with Crippen LogP contribution >= 0.6 is 0 Å². The second-order valence-electron chi connectivity index (χ2n) is 5.71. The number of rotatable bonds is 13. The van der Waals surface area contributed by atoms with Gasteiger partial charge in [0, 0.05) is 5.92 Å². The van der Waals surface area contributed by atoms with Gasteiger partial charge in [-0.25, -0.2) is 0 Å². The summed E-state index contributed by atoms with van der Waals surface area (Å²) in [6, 6.07) is 0. The van der Waals surface area contributed by atoms with Crippen LogP contribution in [-0.4, -0.2) is 5.78 Å². The second-order valence-corrected chi connectivity index (χ2v) is 5.71. The van der Waals surface area contributed by atoms with E-state index in [0.29, 0.717) is 11.7 Å². The SMILES string of the molecule is CC.CCCCCCCCC(CCCCCC)C(C)=O. The summed E-state index contributed by atoms with van der Waals surface area (Å²) in [7, 11) is 0. The van der Waals surface area contributed by atoms with Gasteiger partial charge in [-0.2, -0.15) is 0 Å². The standard InChI is InChI=1S/C17H34O.C2H6/c1-4-6-8-10-11-13-15-17(16(3)18)14-12-9-7-5-2;1-2/h17H,4-15H2,1-3H3;1-2H3. The Bertz CT molecular complexity index is 186. The number of unbranched alkanes of at least 4 members (excludes halogenated alkanes) is 8. The van der Waals surface area contributed by atoms with Gasteiger partial charge < -0.3 is 0 Å². The zero-order valence-electron chi connectivity index (χ0n) is 15.0. The number of carbonyl (C=O) groups is 1. The first-order valence-corrected chi connectivity index (χ1v) is 9.22. The third-order valence-electron chi connectivity index (χ3n) is 3.89. The summed E-state index contributed by atoms with van der Waals surface area (Å²) in [5.74, 6) is 0.771. The number of ketones is 1. The Balaban J connectivity index is 0. The Labute approximate surface area is 128 Å². The normalized spacial score (nSPS) is 11.7. The van der Waals surface area contributed by atoms with E-state index in [1.807, 2.05) is 13.8 Å². The van der Waals surface area contributed by atoms with Crippen molar-refractivity contribution in [3.63, 3.8) is 0 Å². The molecule has 0 bridgehead atoms. The molecule has 0 rings (SSSR count). The maximum Gasteiger partial charge on any atom is 0.132 e. The zero-order valence-corrected chi connectivity index (χ0v) is 15.0. The van der Waals surface area contributed by atoms with E-state index in [2.05, 4.69) is 13.8 Å². The van der Waals surface area contributed by atoms with Crippen LogP contribution in [0.2, 0.25) is 0 Å². The molecule has 0 N–H and O–H groups in total. The molecule has 0 heterocycles. The highest BCUT2D eigenvalue weighted by atomic mass is 16.1. The zero-order chi connectivity index (χ0) is 15.6. The minimum Gasteiger partial charge on any atom is -0.300 e. The molecule has 0 spiro atoms. The minimum absolute atomic E-state index is 0.355. The molecule has 0 amide bonds. The Morgan fingerprint density at radius 3 is 1.45 bits per heavy atom. The first-order chi connectivity index (χ1) is 9.72. The Morgan fingerprint density at radius 2 is 1.05 bits per heavy atom. The van der Waals surface area contributed by atoms with Gasteiger partial charge in [-0.3, -0.25) is 4.79 Å². The Morgan fingerprint density at radius 1 is 0.700 bits per heavy atom. The fraction of sp³-hybridized carbons (Fsp3) is 0.947. The molecule has 0 saturated heterocycles. The topological polar surface area (TPSA) is 17.1 Å². The first-order valence-electron chi connectivity index (χ1n) is 9.22. The molecule has 1 nitrogen and oxygen atoms in total. The molecular weight excluding hydrogens is 244 g/mol. The van der Waals surface area contributed by atoms with Crippen LogP contribution in [0.3, 0.4) is 0 Å². The lowest BCUT2D eigenvalue weighted by atomic mass is 9.91. The lowest BCUT2D eigenvalue weighted by molar-refractivity contribution is -0.121. The van der Waals surface area contributed by atoms with Crippen LogP contribution in [0.5, 0.6) is 0 Å². The lowest BCUT2D eigenvalue weighted by Crippen LogP contribution is -2.10. The van der Waals surface area contributed by atoms with Crippen LogP contribution in [0.1, 0.15) is 112 Å². The van der Waals surface area contributed by atoms with E-state index in [1.54, 1.807) is 6.92 Å². The highest BCUT2D eigenvalue weighted by molar-refractivity contribution is 5.78. The van der Waals surface area contributed by atoms with Crippen LogP contribution in [0, 0.1) is 5.92 Å². The van der Waals surface area contributed by atoms with Crippen LogP contribution < -0.4 is 0 Å². The van der Waals surface area contributed by atoms with Crippen molar-refractivity contribution in [1.82, 2.24) is 0 Å². The van der Waals surface area contributed by atoms with E-state index < -0.39 is 0 Å². The van der Waals surface area contributed by atoms with E-state index >= 15 is 0 Å². The molecule has 122 valence electrons. The Kier molecular flexibility index (Phi) is 20.5. The third kappa shape index (κ3) is 15.7. The van der Waals surface area contributed by atoms with E-state index in [-0.39, 0.29) is 0 Å². The van der Waals surface area contributed by atoms with Crippen molar-refractivity contribution in [3.05, 3.63) is 0 Å². The summed E-state index contributed by atoms with van der Waals surface area (Å²) in [4.78, 5) is 11.6. The van der Waals surface area contributed by atoms with Crippen LogP contribution in [-0.2, 0) is 4.79 Å². The number of carbonyl (C=O) groups excluding carboxylic acids is 1. The van der Waals surface area contributed by atoms with Gasteiger partial charge in [0.2, 0.25) is 0 Å². The predicted molar refractivity (Wildman–Crippen MR) is 92.3 cm³/mol. The van der Waals surface area contributed by atoms with Gasteiger partial charge in [0.25, 0.3) is 0 Å². The molecule has 0 saturated carbocycles. The molecule has 0 aliphatic heterocycles. The Hall–Kier alpha value is -0.330. The largest absolute Gasteiger partial charge is 0.300 e.